The summed E-state index contributed by atoms with van der Waals surface area (Å²) >= 11 is 0. The summed E-state index contributed by atoms with van der Waals surface area (Å²) < 4.78 is 0. The van der Waals surface area contributed by atoms with Gasteiger partial charge in [-0.2, -0.15) is 0 Å². The van der Waals surface area contributed by atoms with Gasteiger partial charge < -0.3 is 10.0 Å². The zero-order valence-electron chi connectivity index (χ0n) is 11.9. The maximum atomic E-state index is 12.3. The monoisotopic (exact) mass is 262 g/mol. The van der Waals surface area contributed by atoms with Gasteiger partial charge in [0.1, 0.15) is 5.75 Å². The number of amides is 1. The fourth-order valence-electron chi connectivity index (χ4n) is 2.41. The van der Waals surface area contributed by atoms with Crippen LogP contribution in [-0.4, -0.2) is 53.0 Å². The van der Waals surface area contributed by atoms with E-state index in [1.807, 2.05) is 11.0 Å². The lowest BCUT2D eigenvalue weighted by atomic mass is 9.99. The van der Waals surface area contributed by atoms with E-state index in [-0.39, 0.29) is 17.2 Å². The van der Waals surface area contributed by atoms with Gasteiger partial charge in [0.05, 0.1) is 6.42 Å². The molecule has 0 bridgehead atoms. The number of aromatic hydroxyl groups is 1. The maximum absolute atomic E-state index is 12.3. The Hall–Kier alpha value is -1.55. The summed E-state index contributed by atoms with van der Waals surface area (Å²) in [6.45, 7) is 6.74. The molecule has 0 aliphatic carbocycles. The third kappa shape index (κ3) is 3.26. The summed E-state index contributed by atoms with van der Waals surface area (Å²) in [7, 11) is 2.09. The summed E-state index contributed by atoms with van der Waals surface area (Å²) in [4.78, 5) is 16.5. The van der Waals surface area contributed by atoms with Crippen LogP contribution in [0.2, 0.25) is 0 Å². The van der Waals surface area contributed by atoms with Crippen LogP contribution in [0.5, 0.6) is 5.75 Å². The summed E-state index contributed by atoms with van der Waals surface area (Å²) in [5, 5.41) is 9.42. The molecule has 0 spiro atoms. The zero-order chi connectivity index (χ0) is 14.0. The molecule has 1 heterocycles. The lowest BCUT2D eigenvalue weighted by Gasteiger charge is -2.45. The van der Waals surface area contributed by atoms with E-state index in [4.69, 9.17) is 0 Å². The van der Waals surface area contributed by atoms with E-state index in [1.54, 1.807) is 18.2 Å². The highest BCUT2D eigenvalue weighted by Crippen LogP contribution is 2.20. The van der Waals surface area contributed by atoms with Crippen molar-refractivity contribution in [3.8, 4) is 5.75 Å². The Labute approximate surface area is 114 Å². The van der Waals surface area contributed by atoms with Crippen molar-refractivity contribution in [2.45, 2.75) is 25.8 Å². The molecule has 4 heteroatoms. The molecule has 0 atom stereocenters. The van der Waals surface area contributed by atoms with Crippen molar-refractivity contribution in [3.05, 3.63) is 29.8 Å². The first-order chi connectivity index (χ1) is 8.88. The molecule has 1 aromatic carbocycles. The number of phenols is 1. The van der Waals surface area contributed by atoms with Crippen LogP contribution in [0.15, 0.2) is 24.3 Å². The fourth-order valence-corrected chi connectivity index (χ4v) is 2.41. The molecule has 0 saturated carbocycles. The third-order valence-electron chi connectivity index (χ3n) is 3.94. The van der Waals surface area contributed by atoms with Crippen LogP contribution in [0, 0.1) is 0 Å². The van der Waals surface area contributed by atoms with E-state index >= 15 is 0 Å². The van der Waals surface area contributed by atoms with E-state index in [2.05, 4.69) is 25.8 Å². The molecule has 1 fully saturated rings. The summed E-state index contributed by atoms with van der Waals surface area (Å²) in [5.74, 6) is 0.343. The van der Waals surface area contributed by atoms with E-state index < -0.39 is 0 Å². The van der Waals surface area contributed by atoms with Gasteiger partial charge in [-0.05, 0) is 38.6 Å². The van der Waals surface area contributed by atoms with Crippen molar-refractivity contribution in [3.63, 3.8) is 0 Å². The van der Waals surface area contributed by atoms with Gasteiger partial charge in [0, 0.05) is 25.2 Å². The first-order valence-electron chi connectivity index (χ1n) is 6.65. The van der Waals surface area contributed by atoms with Gasteiger partial charge in [-0.3, -0.25) is 9.69 Å². The van der Waals surface area contributed by atoms with Crippen molar-refractivity contribution in [1.29, 1.82) is 0 Å². The van der Waals surface area contributed by atoms with Crippen LogP contribution in [0.4, 0.5) is 0 Å². The Morgan fingerprint density at radius 3 is 2.74 bits per heavy atom. The molecule has 1 amide bonds. The first-order valence-corrected chi connectivity index (χ1v) is 6.65. The predicted octanol–water partition coefficient (Wildman–Crippen LogP) is 1.49. The van der Waals surface area contributed by atoms with Gasteiger partial charge in [-0.1, -0.05) is 12.1 Å². The number of phenolic OH excluding ortho intramolecular Hbond substituents is 1. The normalized spacial score (nSPS) is 19.4. The number of benzene rings is 1. The van der Waals surface area contributed by atoms with Crippen LogP contribution in [0.25, 0.3) is 0 Å². The zero-order valence-corrected chi connectivity index (χ0v) is 11.9. The predicted molar refractivity (Wildman–Crippen MR) is 75.1 cm³/mol. The number of hydrogen-bond acceptors (Lipinski definition) is 3. The summed E-state index contributed by atoms with van der Waals surface area (Å²) in [6.07, 6.45) is 0.355. The minimum Gasteiger partial charge on any atom is -0.508 e. The van der Waals surface area contributed by atoms with Crippen LogP contribution < -0.4 is 0 Å². The summed E-state index contributed by atoms with van der Waals surface area (Å²) in [5.41, 5.74) is 0.883. The van der Waals surface area contributed by atoms with Crippen LogP contribution >= 0.6 is 0 Å². The fraction of sp³-hybridized carbons (Fsp3) is 0.533. The lowest BCUT2D eigenvalue weighted by molar-refractivity contribution is -0.135. The Bertz CT molecular complexity index is 471. The van der Waals surface area contributed by atoms with Gasteiger partial charge in [-0.15, -0.1) is 0 Å². The van der Waals surface area contributed by atoms with Crippen molar-refractivity contribution >= 4 is 5.91 Å². The molecule has 0 unspecified atom stereocenters. The first kappa shape index (κ1) is 13.9. The van der Waals surface area contributed by atoms with Crippen molar-refractivity contribution in [2.75, 3.05) is 26.7 Å². The van der Waals surface area contributed by atoms with E-state index in [0.717, 1.165) is 25.2 Å². The highest BCUT2D eigenvalue weighted by molar-refractivity contribution is 5.79. The second-order valence-corrected chi connectivity index (χ2v) is 5.90. The van der Waals surface area contributed by atoms with Gasteiger partial charge in [0.2, 0.25) is 5.91 Å². The third-order valence-corrected chi connectivity index (χ3v) is 3.94. The molecule has 1 aliphatic rings. The molecule has 1 saturated heterocycles. The molecule has 0 radical (unpaired) electrons. The Morgan fingerprint density at radius 1 is 1.37 bits per heavy atom. The quantitative estimate of drug-likeness (QED) is 0.878. The molecular weight excluding hydrogens is 240 g/mol. The SMILES string of the molecule is CN1CCN(C(=O)Cc2cccc(O)c2)CC1(C)C. The van der Waals surface area contributed by atoms with Gasteiger partial charge in [0.25, 0.3) is 0 Å². The Morgan fingerprint density at radius 2 is 2.11 bits per heavy atom. The standard InChI is InChI=1S/C15H22N2O2/c1-15(2)11-17(8-7-16(15)3)14(19)10-12-5-4-6-13(18)9-12/h4-6,9,18H,7-8,10-11H2,1-3H3. The molecule has 2 rings (SSSR count). The van der Waals surface area contributed by atoms with Crippen molar-refractivity contribution in [2.24, 2.45) is 0 Å². The van der Waals surface area contributed by atoms with E-state index in [9.17, 15) is 9.90 Å². The number of hydrogen-bond donors (Lipinski definition) is 1. The molecule has 4 nitrogen and oxygen atoms in total. The average Bonchev–Trinajstić information content (AvgIpc) is 2.32. The number of carbonyl (C=O) groups excluding carboxylic acids is 1. The number of rotatable bonds is 2. The lowest BCUT2D eigenvalue weighted by Crippen LogP contribution is -2.59. The van der Waals surface area contributed by atoms with E-state index in [1.165, 1.54) is 0 Å². The molecule has 1 aromatic rings. The molecule has 19 heavy (non-hydrogen) atoms. The minimum atomic E-state index is 0.0206. The Balaban J connectivity index is 2.01. The minimum absolute atomic E-state index is 0.0206. The molecule has 1 N–H and O–H groups in total. The molecular formula is C15H22N2O2. The van der Waals surface area contributed by atoms with Crippen molar-refractivity contribution < 1.29 is 9.90 Å². The largest absolute Gasteiger partial charge is 0.508 e. The van der Waals surface area contributed by atoms with Crippen LogP contribution in [0.1, 0.15) is 19.4 Å². The number of piperazine rings is 1. The van der Waals surface area contributed by atoms with Crippen LogP contribution in [0.3, 0.4) is 0 Å². The van der Waals surface area contributed by atoms with Crippen LogP contribution in [-0.2, 0) is 11.2 Å². The van der Waals surface area contributed by atoms with Gasteiger partial charge in [-0.25, -0.2) is 0 Å². The maximum Gasteiger partial charge on any atom is 0.227 e. The average molecular weight is 262 g/mol. The Kier molecular flexibility index (Phi) is 3.80. The number of likely N-dealkylation sites (N-methyl/N-ethyl adjacent to an activating group) is 1. The molecule has 0 aromatic heterocycles. The molecule has 104 valence electrons. The molecule has 1 aliphatic heterocycles. The second kappa shape index (κ2) is 5.21. The van der Waals surface area contributed by atoms with Gasteiger partial charge in [0.15, 0.2) is 0 Å². The highest BCUT2D eigenvalue weighted by Gasteiger charge is 2.32. The van der Waals surface area contributed by atoms with Crippen molar-refractivity contribution in [1.82, 2.24) is 9.80 Å². The second-order valence-electron chi connectivity index (χ2n) is 5.90. The van der Waals surface area contributed by atoms with Gasteiger partial charge >= 0.3 is 0 Å². The topological polar surface area (TPSA) is 43.8 Å². The number of nitrogens with zero attached hydrogens (tertiary/aromatic N) is 2. The summed E-state index contributed by atoms with van der Waals surface area (Å²) in [6, 6.07) is 6.91. The number of carbonyl (C=O) groups is 1. The highest BCUT2D eigenvalue weighted by atomic mass is 16.3. The van der Waals surface area contributed by atoms with E-state index in [0.29, 0.717) is 6.42 Å². The smallest absolute Gasteiger partial charge is 0.227 e.